The van der Waals surface area contributed by atoms with Gasteiger partial charge in [0.25, 0.3) is 11.5 Å². The molecular formula is C25H27N3O3. The summed E-state index contributed by atoms with van der Waals surface area (Å²) >= 11 is 0. The third-order valence-corrected chi connectivity index (χ3v) is 4.58. The molecule has 0 fully saturated rings. The van der Waals surface area contributed by atoms with Gasteiger partial charge in [0.05, 0.1) is 19.4 Å². The number of hydrogen-bond donors (Lipinski definition) is 1. The molecule has 31 heavy (non-hydrogen) atoms. The lowest BCUT2D eigenvalue weighted by Gasteiger charge is -2.08. The van der Waals surface area contributed by atoms with Gasteiger partial charge in [-0.25, -0.2) is 5.43 Å². The molecule has 0 aliphatic carbocycles. The average Bonchev–Trinajstić information content (AvgIpc) is 2.76. The number of nitrogens with one attached hydrogen (secondary N) is 1. The summed E-state index contributed by atoms with van der Waals surface area (Å²) < 4.78 is 7.16. The molecule has 1 heterocycles. The van der Waals surface area contributed by atoms with Crippen molar-refractivity contribution >= 4 is 12.1 Å². The minimum Gasteiger partial charge on any atom is -0.493 e. The van der Waals surface area contributed by atoms with Crippen molar-refractivity contribution in [1.29, 1.82) is 0 Å². The van der Waals surface area contributed by atoms with Gasteiger partial charge in [-0.05, 0) is 60.4 Å². The molecule has 0 unspecified atom stereocenters. The van der Waals surface area contributed by atoms with E-state index in [2.05, 4.69) is 24.4 Å². The number of benzene rings is 2. The average molecular weight is 418 g/mol. The zero-order chi connectivity index (χ0) is 22.2. The van der Waals surface area contributed by atoms with E-state index in [0.717, 1.165) is 22.4 Å². The third kappa shape index (κ3) is 6.40. The van der Waals surface area contributed by atoms with Crippen molar-refractivity contribution in [3.8, 4) is 5.75 Å². The van der Waals surface area contributed by atoms with Crippen LogP contribution in [0.15, 0.2) is 76.8 Å². The predicted molar refractivity (Wildman–Crippen MR) is 123 cm³/mol. The number of aromatic nitrogens is 1. The van der Waals surface area contributed by atoms with E-state index in [1.165, 1.54) is 16.8 Å². The van der Waals surface area contributed by atoms with E-state index >= 15 is 0 Å². The molecule has 0 saturated heterocycles. The van der Waals surface area contributed by atoms with Gasteiger partial charge in [0.15, 0.2) is 0 Å². The van der Waals surface area contributed by atoms with Crippen LogP contribution in [-0.2, 0) is 6.54 Å². The molecular weight excluding hydrogens is 390 g/mol. The van der Waals surface area contributed by atoms with E-state index < -0.39 is 5.91 Å². The molecule has 3 aromatic rings. The molecule has 160 valence electrons. The Labute approximate surface area is 182 Å². The van der Waals surface area contributed by atoms with Crippen LogP contribution in [0.25, 0.3) is 0 Å². The minimum absolute atomic E-state index is 0.0456. The van der Waals surface area contributed by atoms with Crippen molar-refractivity contribution in [2.75, 3.05) is 6.61 Å². The molecule has 1 amide bonds. The Morgan fingerprint density at radius 1 is 1.10 bits per heavy atom. The molecule has 0 spiro atoms. The third-order valence-electron chi connectivity index (χ3n) is 4.58. The fourth-order valence-corrected chi connectivity index (χ4v) is 2.86. The number of rotatable bonds is 8. The van der Waals surface area contributed by atoms with Gasteiger partial charge in [0, 0.05) is 6.20 Å². The van der Waals surface area contributed by atoms with Gasteiger partial charge in [-0.2, -0.15) is 5.10 Å². The number of hydrazone groups is 1. The highest BCUT2D eigenvalue weighted by molar-refractivity contribution is 5.94. The first kappa shape index (κ1) is 22.0. The van der Waals surface area contributed by atoms with Crippen LogP contribution in [0.4, 0.5) is 0 Å². The number of pyridine rings is 1. The number of hydrogen-bond acceptors (Lipinski definition) is 4. The Hall–Kier alpha value is -3.67. The summed E-state index contributed by atoms with van der Waals surface area (Å²) in [4.78, 5) is 25.1. The van der Waals surface area contributed by atoms with E-state index in [0.29, 0.717) is 19.1 Å². The topological polar surface area (TPSA) is 72.7 Å². The van der Waals surface area contributed by atoms with Gasteiger partial charge >= 0.3 is 0 Å². The summed E-state index contributed by atoms with van der Waals surface area (Å²) in [6.07, 6.45) is 3.20. The first-order valence-electron chi connectivity index (χ1n) is 10.2. The molecule has 0 saturated carbocycles. The number of aryl methyl sites for hydroxylation is 1. The highest BCUT2D eigenvalue weighted by atomic mass is 16.5. The van der Waals surface area contributed by atoms with Crippen molar-refractivity contribution in [3.05, 3.63) is 99.5 Å². The smallest absolute Gasteiger partial charge is 0.276 e. The van der Waals surface area contributed by atoms with Gasteiger partial charge in [0.2, 0.25) is 0 Å². The molecule has 2 aromatic carbocycles. The highest BCUT2D eigenvalue weighted by Crippen LogP contribution is 2.12. The van der Waals surface area contributed by atoms with Crippen molar-refractivity contribution in [1.82, 2.24) is 9.99 Å². The number of nitrogens with zero attached hydrogens (tertiary/aromatic N) is 2. The van der Waals surface area contributed by atoms with Crippen LogP contribution >= 0.6 is 0 Å². The fraction of sp³-hybridized carbons (Fsp3) is 0.240. The Morgan fingerprint density at radius 2 is 1.81 bits per heavy atom. The Morgan fingerprint density at radius 3 is 2.48 bits per heavy atom. The normalized spacial score (nSPS) is 11.1. The lowest BCUT2D eigenvalue weighted by atomic mass is 10.1. The molecule has 0 atom stereocenters. The second-order valence-electron chi connectivity index (χ2n) is 7.81. The molecule has 0 aliphatic rings. The van der Waals surface area contributed by atoms with E-state index in [-0.39, 0.29) is 11.1 Å². The van der Waals surface area contributed by atoms with Gasteiger partial charge in [0.1, 0.15) is 11.3 Å². The van der Waals surface area contributed by atoms with E-state index in [9.17, 15) is 9.59 Å². The lowest BCUT2D eigenvalue weighted by molar-refractivity contribution is 0.0953. The first-order chi connectivity index (χ1) is 14.9. The molecule has 3 rings (SSSR count). The van der Waals surface area contributed by atoms with Crippen molar-refractivity contribution in [3.63, 3.8) is 0 Å². The highest BCUT2D eigenvalue weighted by Gasteiger charge is 2.11. The zero-order valence-corrected chi connectivity index (χ0v) is 18.0. The summed E-state index contributed by atoms with van der Waals surface area (Å²) in [5, 5.41) is 3.97. The fourth-order valence-electron chi connectivity index (χ4n) is 2.86. The molecule has 6 heteroatoms. The number of carbonyl (C=O) groups is 1. The van der Waals surface area contributed by atoms with Crippen LogP contribution < -0.4 is 15.7 Å². The molecule has 0 aliphatic heterocycles. The molecule has 1 N–H and O–H groups in total. The molecule has 0 radical (unpaired) electrons. The predicted octanol–water partition coefficient (Wildman–Crippen LogP) is 4.00. The van der Waals surface area contributed by atoms with E-state index in [4.69, 9.17) is 4.74 Å². The largest absolute Gasteiger partial charge is 0.493 e. The maximum absolute atomic E-state index is 12.7. The van der Waals surface area contributed by atoms with Crippen LogP contribution in [0.5, 0.6) is 5.75 Å². The van der Waals surface area contributed by atoms with Gasteiger partial charge < -0.3 is 9.30 Å². The van der Waals surface area contributed by atoms with Crippen LogP contribution in [0.2, 0.25) is 0 Å². The van der Waals surface area contributed by atoms with Gasteiger partial charge in [-0.3, -0.25) is 9.59 Å². The number of carbonyl (C=O) groups excluding carboxylic acids is 1. The summed E-state index contributed by atoms with van der Waals surface area (Å²) in [7, 11) is 0. The summed E-state index contributed by atoms with van der Waals surface area (Å²) in [5.41, 5.74) is 5.06. The maximum Gasteiger partial charge on any atom is 0.276 e. The second-order valence-corrected chi connectivity index (χ2v) is 7.81. The molecule has 0 bridgehead atoms. The van der Waals surface area contributed by atoms with E-state index in [1.807, 2.05) is 55.5 Å². The number of ether oxygens (including phenoxy) is 1. The molecule has 1 aromatic heterocycles. The lowest BCUT2D eigenvalue weighted by Crippen LogP contribution is -2.30. The van der Waals surface area contributed by atoms with Gasteiger partial charge in [-0.15, -0.1) is 0 Å². The van der Waals surface area contributed by atoms with Gasteiger partial charge in [-0.1, -0.05) is 43.7 Å². The van der Waals surface area contributed by atoms with Crippen molar-refractivity contribution in [2.24, 2.45) is 11.0 Å². The summed E-state index contributed by atoms with van der Waals surface area (Å²) in [6.45, 7) is 7.24. The standard InChI is InChI=1S/C25H27N3O3/c1-18(2)17-31-22-12-10-20(11-13-22)15-26-27-24(29)23-5-4-14-28(25(23)30)16-21-8-6-19(3)7-9-21/h4-15,18H,16-17H2,1-3H3,(H,27,29)/b26-15-. The van der Waals surface area contributed by atoms with Crippen LogP contribution in [0, 0.1) is 12.8 Å². The monoisotopic (exact) mass is 417 g/mol. The van der Waals surface area contributed by atoms with Crippen LogP contribution in [-0.4, -0.2) is 23.3 Å². The van der Waals surface area contributed by atoms with Crippen LogP contribution in [0.1, 0.15) is 40.9 Å². The Balaban J connectivity index is 1.62. The van der Waals surface area contributed by atoms with Crippen molar-refractivity contribution < 1.29 is 9.53 Å². The van der Waals surface area contributed by atoms with Crippen LogP contribution in [0.3, 0.4) is 0 Å². The summed E-state index contributed by atoms with van der Waals surface area (Å²) in [6, 6.07) is 18.5. The minimum atomic E-state index is -0.545. The first-order valence-corrected chi connectivity index (χ1v) is 10.2. The van der Waals surface area contributed by atoms with Crippen molar-refractivity contribution in [2.45, 2.75) is 27.3 Å². The Bertz CT molecular complexity index is 1100. The molecule has 6 nitrogen and oxygen atoms in total. The zero-order valence-electron chi connectivity index (χ0n) is 18.0. The number of amides is 1. The quantitative estimate of drug-likeness (QED) is 0.445. The maximum atomic E-state index is 12.7. The summed E-state index contributed by atoms with van der Waals surface area (Å²) in [5.74, 6) is 0.695. The second kappa shape index (κ2) is 10.4. The van der Waals surface area contributed by atoms with E-state index in [1.54, 1.807) is 12.3 Å². The SMILES string of the molecule is Cc1ccc(Cn2cccc(C(=O)N/N=C\c3ccc(OCC(C)C)cc3)c2=O)cc1. The Kier molecular flexibility index (Phi) is 7.38.